The van der Waals surface area contributed by atoms with Crippen LogP contribution in [0.15, 0.2) is 42.7 Å². The normalized spacial score (nSPS) is 11.5. The summed E-state index contributed by atoms with van der Waals surface area (Å²) < 4.78 is 24.0. The highest BCUT2D eigenvalue weighted by Gasteiger charge is 2.16. The summed E-state index contributed by atoms with van der Waals surface area (Å²) in [5.74, 6) is 0. The van der Waals surface area contributed by atoms with E-state index in [-0.39, 0.29) is 15.7 Å². The van der Waals surface area contributed by atoms with Gasteiger partial charge in [-0.3, -0.25) is 19.4 Å². The fourth-order valence-electron chi connectivity index (χ4n) is 1.51. The van der Waals surface area contributed by atoms with Gasteiger partial charge >= 0.3 is 11.1 Å². The number of nitrogen functional groups attached to an aromatic ring is 1. The Kier molecular flexibility index (Phi) is 3.89. The van der Waals surface area contributed by atoms with Gasteiger partial charge in [0.25, 0.3) is 0 Å². The molecule has 0 amide bonds. The smallest absolute Gasteiger partial charge is 0.339 e. The minimum atomic E-state index is -3.96. The van der Waals surface area contributed by atoms with Gasteiger partial charge in [-0.15, -0.1) is 0 Å². The first-order valence-electron chi connectivity index (χ1n) is 5.46. The lowest BCUT2D eigenvalue weighted by Gasteiger charge is -2.10. The fourth-order valence-corrected chi connectivity index (χ4v) is 3.13. The van der Waals surface area contributed by atoms with Crippen molar-refractivity contribution in [3.63, 3.8) is 0 Å². The number of nitrogens with zero attached hydrogens (tertiary/aromatic N) is 2. The van der Waals surface area contributed by atoms with Gasteiger partial charge in [0.15, 0.2) is 5.16 Å². The number of benzene rings is 1. The Balaban J connectivity index is 2.54. The van der Waals surface area contributed by atoms with E-state index < -0.39 is 21.1 Å². The standard InChI is InChI=1S/C10H11N5O4S2/c1-15-10(13-8(16)9(17)14-15)20-5-3-2-4-6(7(5)11)21(12,18)19/h2-4H,11H2,1H3,(H,14,17)(H2,12,18,19). The predicted molar refractivity (Wildman–Crippen MR) is 76.4 cm³/mol. The van der Waals surface area contributed by atoms with E-state index in [1.165, 1.54) is 23.9 Å². The van der Waals surface area contributed by atoms with Gasteiger partial charge in [-0.2, -0.15) is 4.98 Å². The summed E-state index contributed by atoms with van der Waals surface area (Å²) in [5.41, 5.74) is 3.92. The minimum absolute atomic E-state index is 0.0505. The summed E-state index contributed by atoms with van der Waals surface area (Å²) in [5, 5.41) is 7.48. The van der Waals surface area contributed by atoms with E-state index in [1.54, 1.807) is 6.07 Å². The van der Waals surface area contributed by atoms with E-state index in [4.69, 9.17) is 10.9 Å². The molecule has 5 N–H and O–H groups in total. The van der Waals surface area contributed by atoms with Crippen LogP contribution in [0, 0.1) is 0 Å². The maximum Gasteiger partial charge on any atom is 0.339 e. The number of para-hydroxylation sites is 1. The van der Waals surface area contributed by atoms with Crippen molar-refractivity contribution in [1.82, 2.24) is 14.8 Å². The van der Waals surface area contributed by atoms with Crippen LogP contribution in [-0.4, -0.2) is 23.2 Å². The molecule has 2 aromatic rings. The lowest BCUT2D eigenvalue weighted by atomic mass is 10.3. The van der Waals surface area contributed by atoms with Crippen molar-refractivity contribution in [3.05, 3.63) is 38.9 Å². The summed E-state index contributed by atoms with van der Waals surface area (Å²) in [6, 6.07) is 4.28. The van der Waals surface area contributed by atoms with Gasteiger partial charge < -0.3 is 5.73 Å². The molecule has 9 nitrogen and oxygen atoms in total. The number of rotatable bonds is 3. The average Bonchev–Trinajstić information content (AvgIpc) is 2.36. The number of sulfonamides is 1. The first-order chi connectivity index (χ1) is 9.70. The van der Waals surface area contributed by atoms with Crippen LogP contribution in [0.4, 0.5) is 5.69 Å². The predicted octanol–water partition coefficient (Wildman–Crippen LogP) is -1.15. The molecule has 0 fully saturated rings. The van der Waals surface area contributed by atoms with Crippen LogP contribution in [0.25, 0.3) is 0 Å². The SMILES string of the molecule is Cn1[nH]c(=O)c(=O)nc1Sc1cccc(S(N)(=O)=O)c1N. The Morgan fingerprint density at radius 3 is 2.62 bits per heavy atom. The van der Waals surface area contributed by atoms with E-state index in [2.05, 4.69) is 10.1 Å². The number of nitrogens with one attached hydrogen (secondary N) is 1. The summed E-state index contributed by atoms with van der Waals surface area (Å²) in [7, 11) is -2.48. The van der Waals surface area contributed by atoms with Crippen LogP contribution in [0.3, 0.4) is 0 Å². The Hall–Kier alpha value is -2.11. The van der Waals surface area contributed by atoms with Gasteiger partial charge in [-0.1, -0.05) is 6.07 Å². The van der Waals surface area contributed by atoms with Crippen molar-refractivity contribution in [1.29, 1.82) is 0 Å². The van der Waals surface area contributed by atoms with Crippen LogP contribution in [0.1, 0.15) is 0 Å². The molecular weight excluding hydrogens is 318 g/mol. The number of hydrogen-bond acceptors (Lipinski definition) is 7. The lowest BCUT2D eigenvalue weighted by Crippen LogP contribution is -2.33. The maximum absolute atomic E-state index is 11.4. The van der Waals surface area contributed by atoms with Crippen LogP contribution < -0.4 is 22.0 Å². The largest absolute Gasteiger partial charge is 0.397 e. The summed E-state index contributed by atoms with van der Waals surface area (Å²) >= 11 is 0.931. The van der Waals surface area contributed by atoms with E-state index in [0.717, 1.165) is 11.8 Å². The van der Waals surface area contributed by atoms with Gasteiger partial charge in [0, 0.05) is 11.9 Å². The zero-order valence-electron chi connectivity index (χ0n) is 10.7. The van der Waals surface area contributed by atoms with Crippen molar-refractivity contribution < 1.29 is 8.42 Å². The van der Waals surface area contributed by atoms with Gasteiger partial charge in [0.2, 0.25) is 10.0 Å². The lowest BCUT2D eigenvalue weighted by molar-refractivity contribution is 0.596. The van der Waals surface area contributed by atoms with Crippen molar-refractivity contribution in [3.8, 4) is 0 Å². The number of nitrogens with two attached hydrogens (primary N) is 2. The van der Waals surface area contributed by atoms with Crippen LogP contribution in [-0.2, 0) is 17.1 Å². The molecule has 0 saturated carbocycles. The highest BCUT2D eigenvalue weighted by molar-refractivity contribution is 7.99. The Morgan fingerprint density at radius 2 is 2.00 bits per heavy atom. The van der Waals surface area contributed by atoms with Crippen molar-refractivity contribution in [2.45, 2.75) is 14.9 Å². The summed E-state index contributed by atoms with van der Waals surface area (Å²) in [4.78, 5) is 26.1. The molecule has 2 rings (SSSR count). The third kappa shape index (κ3) is 3.15. The molecule has 0 radical (unpaired) electrons. The Morgan fingerprint density at radius 1 is 1.33 bits per heavy atom. The number of H-pyrrole nitrogens is 1. The van der Waals surface area contributed by atoms with E-state index >= 15 is 0 Å². The molecule has 1 heterocycles. The molecule has 0 spiro atoms. The Labute approximate surface area is 123 Å². The quantitative estimate of drug-likeness (QED) is 0.474. The van der Waals surface area contributed by atoms with Crippen molar-refractivity contribution >= 4 is 27.5 Å². The number of aryl methyl sites for hydroxylation is 1. The molecule has 1 aromatic carbocycles. The second-order valence-electron chi connectivity index (χ2n) is 4.01. The average molecular weight is 329 g/mol. The second-order valence-corrected chi connectivity index (χ2v) is 6.55. The molecule has 0 saturated heterocycles. The molecule has 21 heavy (non-hydrogen) atoms. The molecule has 11 heteroatoms. The highest BCUT2D eigenvalue weighted by Crippen LogP contribution is 2.33. The second kappa shape index (κ2) is 5.35. The molecule has 0 aliphatic rings. The Bertz CT molecular complexity index is 916. The van der Waals surface area contributed by atoms with Gasteiger partial charge in [0.1, 0.15) is 4.90 Å². The highest BCUT2D eigenvalue weighted by atomic mass is 32.2. The van der Waals surface area contributed by atoms with E-state index in [0.29, 0.717) is 4.90 Å². The molecule has 0 atom stereocenters. The fraction of sp³-hybridized carbons (Fsp3) is 0.100. The van der Waals surface area contributed by atoms with Gasteiger partial charge in [-0.25, -0.2) is 13.6 Å². The minimum Gasteiger partial charge on any atom is -0.397 e. The topological polar surface area (TPSA) is 154 Å². The summed E-state index contributed by atoms with van der Waals surface area (Å²) in [6.45, 7) is 0. The number of aromatic amines is 1. The first-order valence-corrected chi connectivity index (χ1v) is 7.83. The first kappa shape index (κ1) is 15.3. The molecule has 0 unspecified atom stereocenters. The van der Waals surface area contributed by atoms with E-state index in [9.17, 15) is 18.0 Å². The van der Waals surface area contributed by atoms with Crippen molar-refractivity contribution in [2.75, 3.05) is 5.73 Å². The number of hydrogen-bond donors (Lipinski definition) is 3. The number of anilines is 1. The van der Waals surface area contributed by atoms with Gasteiger partial charge in [0.05, 0.1) is 5.69 Å². The van der Waals surface area contributed by atoms with Crippen LogP contribution >= 0.6 is 11.8 Å². The molecule has 112 valence electrons. The van der Waals surface area contributed by atoms with Crippen LogP contribution in [0.5, 0.6) is 0 Å². The zero-order valence-corrected chi connectivity index (χ0v) is 12.4. The molecule has 0 bridgehead atoms. The number of aromatic nitrogens is 3. The molecule has 0 aliphatic heterocycles. The molecule has 0 aliphatic carbocycles. The summed E-state index contributed by atoms with van der Waals surface area (Å²) in [6.07, 6.45) is 0. The zero-order chi connectivity index (χ0) is 15.8. The third-order valence-electron chi connectivity index (χ3n) is 2.48. The third-order valence-corrected chi connectivity index (χ3v) is 4.57. The number of primary sulfonamides is 1. The maximum atomic E-state index is 11.4. The van der Waals surface area contributed by atoms with Crippen LogP contribution in [0.2, 0.25) is 0 Å². The van der Waals surface area contributed by atoms with E-state index in [1.807, 2.05) is 0 Å². The molecular formula is C10H11N5O4S2. The van der Waals surface area contributed by atoms with Gasteiger partial charge in [-0.05, 0) is 23.9 Å². The van der Waals surface area contributed by atoms with Crippen molar-refractivity contribution in [2.24, 2.45) is 12.2 Å². The monoisotopic (exact) mass is 329 g/mol. The molecule has 1 aromatic heterocycles.